The Labute approximate surface area is 182 Å². The van der Waals surface area contributed by atoms with Crippen LogP contribution >= 0.6 is 0 Å². The summed E-state index contributed by atoms with van der Waals surface area (Å²) >= 11 is 0. The Morgan fingerprint density at radius 3 is 2.68 bits per heavy atom. The molecule has 31 heavy (non-hydrogen) atoms. The highest BCUT2D eigenvalue weighted by Crippen LogP contribution is 2.30. The summed E-state index contributed by atoms with van der Waals surface area (Å²) in [5.74, 6) is 1.56. The van der Waals surface area contributed by atoms with Gasteiger partial charge in [0.1, 0.15) is 11.9 Å². The monoisotopic (exact) mass is 427 g/mol. The molecule has 2 aliphatic rings. The van der Waals surface area contributed by atoms with E-state index in [9.17, 15) is 9.18 Å². The average Bonchev–Trinajstić information content (AvgIpc) is 3.24. The molecular formula is C23H30FN5O2. The van der Waals surface area contributed by atoms with Crippen LogP contribution in [-0.2, 0) is 4.79 Å². The SMILES string of the molecule is CC(C(=O)NC1CC1C)c1ccc(O[C@@H]2CCN(c3nc(N(C)C)ncc3F)C2)cc1. The molecule has 3 unspecified atom stereocenters. The molecule has 0 radical (unpaired) electrons. The van der Waals surface area contributed by atoms with Crippen LogP contribution in [0.15, 0.2) is 30.5 Å². The van der Waals surface area contributed by atoms with Crippen LogP contribution < -0.4 is 19.9 Å². The molecule has 0 spiro atoms. The van der Waals surface area contributed by atoms with Crippen LogP contribution in [0.4, 0.5) is 16.2 Å². The molecule has 1 aliphatic carbocycles. The smallest absolute Gasteiger partial charge is 0.227 e. The number of carbonyl (C=O) groups excluding carboxylic acids is 1. The number of benzene rings is 1. The number of carbonyl (C=O) groups is 1. The first kappa shape index (κ1) is 21.3. The van der Waals surface area contributed by atoms with Crippen molar-refractivity contribution < 1.29 is 13.9 Å². The summed E-state index contributed by atoms with van der Waals surface area (Å²) in [6, 6.07) is 8.01. The normalized spacial score (nSPS) is 23.4. The maximum atomic E-state index is 14.3. The highest BCUT2D eigenvalue weighted by molar-refractivity contribution is 5.83. The van der Waals surface area contributed by atoms with Gasteiger partial charge in [0.05, 0.1) is 18.7 Å². The van der Waals surface area contributed by atoms with Crippen LogP contribution in [0.25, 0.3) is 0 Å². The molecule has 1 aromatic carbocycles. The number of hydrogen-bond donors (Lipinski definition) is 1. The van der Waals surface area contributed by atoms with Gasteiger partial charge in [-0.1, -0.05) is 19.1 Å². The molecule has 0 bridgehead atoms. The Morgan fingerprint density at radius 2 is 2.03 bits per heavy atom. The Balaban J connectivity index is 1.34. The van der Waals surface area contributed by atoms with E-state index in [1.807, 2.05) is 50.2 Å². The van der Waals surface area contributed by atoms with E-state index >= 15 is 0 Å². The summed E-state index contributed by atoms with van der Waals surface area (Å²) in [6.45, 7) is 5.29. The lowest BCUT2D eigenvalue weighted by Gasteiger charge is -2.20. The third kappa shape index (κ3) is 4.89. The van der Waals surface area contributed by atoms with E-state index in [4.69, 9.17) is 4.74 Å². The molecule has 1 aromatic heterocycles. The average molecular weight is 428 g/mol. The van der Waals surface area contributed by atoms with Gasteiger partial charge < -0.3 is 19.9 Å². The van der Waals surface area contributed by atoms with Crippen molar-refractivity contribution in [2.45, 2.75) is 44.8 Å². The Bertz CT molecular complexity index is 936. The number of hydrogen-bond acceptors (Lipinski definition) is 6. The summed E-state index contributed by atoms with van der Waals surface area (Å²) in [6.07, 6.45) is 3.01. The number of ether oxygens (including phenoxy) is 1. The largest absolute Gasteiger partial charge is 0.489 e. The molecule has 4 rings (SSSR count). The molecule has 1 N–H and O–H groups in total. The molecule has 166 valence electrons. The number of nitrogens with one attached hydrogen (secondary N) is 1. The molecular weight excluding hydrogens is 397 g/mol. The third-order valence-electron chi connectivity index (χ3n) is 6.07. The summed E-state index contributed by atoms with van der Waals surface area (Å²) in [5, 5.41) is 3.09. The van der Waals surface area contributed by atoms with Gasteiger partial charge in [-0.3, -0.25) is 4.79 Å². The van der Waals surface area contributed by atoms with Crippen molar-refractivity contribution in [1.29, 1.82) is 0 Å². The molecule has 1 saturated carbocycles. The summed E-state index contributed by atoms with van der Waals surface area (Å²) in [5.41, 5.74) is 0.963. The van der Waals surface area contributed by atoms with E-state index in [1.165, 1.54) is 6.20 Å². The van der Waals surface area contributed by atoms with Crippen LogP contribution in [0.1, 0.15) is 38.2 Å². The van der Waals surface area contributed by atoms with Crippen molar-refractivity contribution in [3.8, 4) is 5.75 Å². The van der Waals surface area contributed by atoms with Crippen LogP contribution in [-0.4, -0.2) is 55.2 Å². The van der Waals surface area contributed by atoms with E-state index in [2.05, 4.69) is 22.2 Å². The van der Waals surface area contributed by atoms with Gasteiger partial charge in [-0.25, -0.2) is 9.37 Å². The predicted molar refractivity (Wildman–Crippen MR) is 118 cm³/mol. The van der Waals surface area contributed by atoms with Crippen molar-refractivity contribution in [2.24, 2.45) is 5.92 Å². The highest BCUT2D eigenvalue weighted by Gasteiger charge is 2.35. The minimum Gasteiger partial charge on any atom is -0.489 e. The quantitative estimate of drug-likeness (QED) is 0.733. The first-order valence-electron chi connectivity index (χ1n) is 10.8. The molecule has 2 heterocycles. The Hall–Kier alpha value is -2.90. The fraction of sp³-hybridized carbons (Fsp3) is 0.522. The molecule has 2 fully saturated rings. The van der Waals surface area contributed by atoms with E-state index in [0.29, 0.717) is 36.8 Å². The van der Waals surface area contributed by atoms with E-state index in [-0.39, 0.29) is 17.9 Å². The van der Waals surface area contributed by atoms with Crippen LogP contribution in [0, 0.1) is 11.7 Å². The first-order valence-corrected chi connectivity index (χ1v) is 10.8. The number of amides is 1. The van der Waals surface area contributed by atoms with Crippen molar-refractivity contribution in [3.05, 3.63) is 41.8 Å². The maximum Gasteiger partial charge on any atom is 0.227 e. The zero-order valence-corrected chi connectivity index (χ0v) is 18.5. The minimum absolute atomic E-state index is 0.0555. The molecule has 2 aromatic rings. The van der Waals surface area contributed by atoms with E-state index in [1.54, 1.807) is 4.90 Å². The van der Waals surface area contributed by atoms with Gasteiger partial charge >= 0.3 is 0 Å². The van der Waals surface area contributed by atoms with Gasteiger partial charge in [0.2, 0.25) is 11.9 Å². The number of anilines is 2. The minimum atomic E-state index is -0.427. The van der Waals surface area contributed by atoms with Crippen molar-refractivity contribution in [3.63, 3.8) is 0 Å². The number of nitrogens with zero attached hydrogens (tertiary/aromatic N) is 4. The molecule has 8 heteroatoms. The van der Waals surface area contributed by atoms with Gasteiger partial charge in [0.25, 0.3) is 0 Å². The summed E-state index contributed by atoms with van der Waals surface area (Å²) < 4.78 is 20.4. The Kier molecular flexibility index (Phi) is 5.98. The third-order valence-corrected chi connectivity index (χ3v) is 6.07. The first-order chi connectivity index (χ1) is 14.8. The van der Waals surface area contributed by atoms with Gasteiger partial charge in [-0.2, -0.15) is 4.98 Å². The second-order valence-electron chi connectivity index (χ2n) is 8.83. The molecule has 4 atom stereocenters. The van der Waals surface area contributed by atoms with Crippen molar-refractivity contribution in [1.82, 2.24) is 15.3 Å². The fourth-order valence-electron chi connectivity index (χ4n) is 3.81. The van der Waals surface area contributed by atoms with E-state index in [0.717, 1.165) is 24.2 Å². The zero-order valence-electron chi connectivity index (χ0n) is 18.5. The predicted octanol–water partition coefficient (Wildman–Crippen LogP) is 2.97. The maximum absolute atomic E-state index is 14.3. The standard InChI is InChI=1S/C23H30FN5O2/c1-14-11-20(14)26-22(30)15(2)16-5-7-17(8-6-16)31-18-9-10-29(13-18)21-19(24)12-25-23(27-21)28(3)4/h5-8,12,14-15,18,20H,9-11,13H2,1-4H3,(H,26,30)/t14?,15?,18-,20?/m1/s1. The van der Waals surface area contributed by atoms with Crippen LogP contribution in [0.5, 0.6) is 5.75 Å². The highest BCUT2D eigenvalue weighted by atomic mass is 19.1. The molecule has 7 nitrogen and oxygen atoms in total. The Morgan fingerprint density at radius 1 is 1.32 bits per heavy atom. The topological polar surface area (TPSA) is 70.6 Å². The lowest BCUT2D eigenvalue weighted by atomic mass is 10.0. The number of aromatic nitrogens is 2. The van der Waals surface area contributed by atoms with Crippen LogP contribution in [0.2, 0.25) is 0 Å². The summed E-state index contributed by atoms with van der Waals surface area (Å²) in [7, 11) is 3.65. The summed E-state index contributed by atoms with van der Waals surface area (Å²) in [4.78, 5) is 24.4. The lowest BCUT2D eigenvalue weighted by Crippen LogP contribution is -2.30. The van der Waals surface area contributed by atoms with Gasteiger partial charge in [0, 0.05) is 33.1 Å². The van der Waals surface area contributed by atoms with E-state index < -0.39 is 5.82 Å². The van der Waals surface area contributed by atoms with Crippen molar-refractivity contribution in [2.75, 3.05) is 37.0 Å². The second kappa shape index (κ2) is 8.69. The van der Waals surface area contributed by atoms with Gasteiger partial charge in [0.15, 0.2) is 11.6 Å². The molecule has 1 amide bonds. The fourth-order valence-corrected chi connectivity index (χ4v) is 3.81. The number of halogens is 1. The van der Waals surface area contributed by atoms with Crippen LogP contribution in [0.3, 0.4) is 0 Å². The van der Waals surface area contributed by atoms with Crippen molar-refractivity contribution >= 4 is 17.7 Å². The van der Waals surface area contributed by atoms with Gasteiger partial charge in [-0.15, -0.1) is 0 Å². The molecule has 1 saturated heterocycles. The molecule has 1 aliphatic heterocycles. The number of rotatable bonds is 7. The lowest BCUT2D eigenvalue weighted by molar-refractivity contribution is -0.122. The second-order valence-corrected chi connectivity index (χ2v) is 8.83. The van der Waals surface area contributed by atoms with Gasteiger partial charge in [-0.05, 0) is 37.0 Å². The zero-order chi connectivity index (χ0) is 22.1.